The third-order valence-electron chi connectivity index (χ3n) is 6.81. The summed E-state index contributed by atoms with van der Waals surface area (Å²) in [6, 6.07) is 7.90. The van der Waals surface area contributed by atoms with Crippen LogP contribution in [0.2, 0.25) is 0 Å². The van der Waals surface area contributed by atoms with Gasteiger partial charge < -0.3 is 19.3 Å². The molecule has 30 heavy (non-hydrogen) atoms. The van der Waals surface area contributed by atoms with E-state index in [1.165, 1.54) is 0 Å². The van der Waals surface area contributed by atoms with E-state index in [1.807, 2.05) is 29.3 Å². The molecule has 1 saturated heterocycles. The van der Waals surface area contributed by atoms with E-state index in [-0.39, 0.29) is 24.3 Å². The third-order valence-corrected chi connectivity index (χ3v) is 6.81. The Bertz CT molecular complexity index is 999. The third kappa shape index (κ3) is 2.73. The number of amides is 2. The fourth-order valence-electron chi connectivity index (χ4n) is 5.03. The molecule has 2 aromatic rings. The molecule has 0 N–H and O–H groups in total. The number of carbonyl (C=O) groups excluding carboxylic acids is 2. The van der Waals surface area contributed by atoms with Crippen LogP contribution < -0.4 is 4.90 Å². The van der Waals surface area contributed by atoms with Crippen molar-refractivity contribution < 1.29 is 14.0 Å². The molecule has 1 spiro atoms. The Labute approximate surface area is 175 Å². The van der Waals surface area contributed by atoms with Gasteiger partial charge in [-0.1, -0.05) is 0 Å². The van der Waals surface area contributed by atoms with Gasteiger partial charge in [0.05, 0.1) is 17.9 Å². The minimum Gasteiger partial charge on any atom is -0.347 e. The zero-order chi connectivity index (χ0) is 21.0. The molecule has 0 aromatic carbocycles. The zero-order valence-electron chi connectivity index (χ0n) is 17.3. The minimum absolute atomic E-state index is 0.00627. The normalized spacial score (nSPS) is 26.9. The fraction of sp³-hybridized carbons (Fsp3) is 0.500. The van der Waals surface area contributed by atoms with Crippen LogP contribution in [0.15, 0.2) is 36.7 Å². The highest BCUT2D eigenvalue weighted by atomic mass is 19.1. The van der Waals surface area contributed by atoms with Crippen LogP contribution in [0.25, 0.3) is 5.82 Å². The van der Waals surface area contributed by atoms with Crippen LogP contribution in [0.4, 0.5) is 10.1 Å². The van der Waals surface area contributed by atoms with Crippen molar-refractivity contribution in [1.29, 1.82) is 0 Å². The maximum absolute atomic E-state index is 13.3. The topological polar surface area (TPSA) is 61.7 Å². The minimum atomic E-state index is -0.852. The molecule has 5 rings (SSSR count). The number of halogens is 1. The molecular formula is C22H26FN5O2. The Hall–Kier alpha value is -2.90. The summed E-state index contributed by atoms with van der Waals surface area (Å²) < 4.78 is 15.4. The first-order chi connectivity index (χ1) is 14.4. The maximum Gasteiger partial charge on any atom is 0.241 e. The number of hydrogen-bond acceptors (Lipinski definition) is 4. The SMILES string of the molecule is CN(C)C(=O)CN1c2cccnc2-n2cccc2[C@@]12CCN(C(=O)C1CC(F)C1)C2. The highest BCUT2D eigenvalue weighted by molar-refractivity contribution is 5.84. The molecular weight excluding hydrogens is 385 g/mol. The van der Waals surface area contributed by atoms with Crippen LogP contribution in [0.5, 0.6) is 0 Å². The van der Waals surface area contributed by atoms with Crippen molar-refractivity contribution in [2.75, 3.05) is 38.6 Å². The van der Waals surface area contributed by atoms with E-state index in [2.05, 4.69) is 20.5 Å². The molecule has 8 heteroatoms. The number of aromatic nitrogens is 2. The molecule has 4 heterocycles. The highest BCUT2D eigenvalue weighted by Gasteiger charge is 2.52. The van der Waals surface area contributed by atoms with Gasteiger partial charge in [0.1, 0.15) is 11.7 Å². The first kappa shape index (κ1) is 19.1. The lowest BCUT2D eigenvalue weighted by Crippen LogP contribution is -2.56. The molecule has 7 nitrogen and oxygen atoms in total. The van der Waals surface area contributed by atoms with Crippen molar-refractivity contribution in [3.05, 3.63) is 42.4 Å². The number of alkyl halides is 1. The van der Waals surface area contributed by atoms with Gasteiger partial charge in [-0.25, -0.2) is 9.37 Å². The highest BCUT2D eigenvalue weighted by Crippen LogP contribution is 2.47. The number of nitrogens with zero attached hydrogens (tertiary/aromatic N) is 5. The second-order valence-electron chi connectivity index (χ2n) is 8.79. The van der Waals surface area contributed by atoms with Gasteiger partial charge in [0, 0.05) is 45.5 Å². The standard InChI is InChI=1S/C22H26FN5O2/c1-25(2)19(29)13-28-17-5-3-8-24-20(17)27-9-4-6-18(27)22(28)7-10-26(14-22)21(30)15-11-16(23)12-15/h3-6,8-9,15-16H,7,10-14H2,1-2H3/t15?,16?,22-/m0/s1. The Balaban J connectivity index is 1.55. The predicted molar refractivity (Wildman–Crippen MR) is 110 cm³/mol. The molecule has 0 radical (unpaired) electrons. The average molecular weight is 411 g/mol. The lowest BCUT2D eigenvalue weighted by Gasteiger charge is -2.47. The van der Waals surface area contributed by atoms with Crippen LogP contribution >= 0.6 is 0 Å². The number of fused-ring (bicyclic) bond motifs is 4. The Morgan fingerprint density at radius 3 is 2.80 bits per heavy atom. The van der Waals surface area contributed by atoms with Gasteiger partial charge in [-0.15, -0.1) is 0 Å². The van der Waals surface area contributed by atoms with E-state index in [9.17, 15) is 14.0 Å². The molecule has 1 saturated carbocycles. The Morgan fingerprint density at radius 2 is 2.07 bits per heavy atom. The van der Waals surface area contributed by atoms with Gasteiger partial charge in [-0.05, 0) is 43.5 Å². The van der Waals surface area contributed by atoms with Gasteiger partial charge in [-0.2, -0.15) is 0 Å². The lowest BCUT2D eigenvalue weighted by atomic mass is 9.82. The number of rotatable bonds is 3. The maximum atomic E-state index is 13.3. The van der Waals surface area contributed by atoms with Crippen molar-refractivity contribution >= 4 is 17.5 Å². The summed E-state index contributed by atoms with van der Waals surface area (Å²) in [6.45, 7) is 1.28. The van der Waals surface area contributed by atoms with E-state index >= 15 is 0 Å². The van der Waals surface area contributed by atoms with Crippen molar-refractivity contribution in [3.63, 3.8) is 0 Å². The summed E-state index contributed by atoms with van der Waals surface area (Å²) in [7, 11) is 3.50. The summed E-state index contributed by atoms with van der Waals surface area (Å²) >= 11 is 0. The molecule has 2 amide bonds. The van der Waals surface area contributed by atoms with Gasteiger partial charge in [0.2, 0.25) is 11.8 Å². The van der Waals surface area contributed by atoms with E-state index in [0.717, 1.165) is 17.2 Å². The molecule has 2 fully saturated rings. The number of carbonyl (C=O) groups is 2. The van der Waals surface area contributed by atoms with Crippen molar-refractivity contribution in [2.45, 2.75) is 31.0 Å². The fourth-order valence-corrected chi connectivity index (χ4v) is 5.03. The molecule has 2 aliphatic heterocycles. The summed E-state index contributed by atoms with van der Waals surface area (Å²) in [6.07, 6.45) is 4.25. The summed E-state index contributed by atoms with van der Waals surface area (Å²) in [4.78, 5) is 35.9. The quantitative estimate of drug-likeness (QED) is 0.775. The monoisotopic (exact) mass is 411 g/mol. The number of hydrogen-bond donors (Lipinski definition) is 0. The first-order valence-corrected chi connectivity index (χ1v) is 10.4. The molecule has 158 valence electrons. The lowest BCUT2D eigenvalue weighted by molar-refractivity contribution is -0.139. The molecule has 2 aromatic heterocycles. The van der Waals surface area contributed by atoms with Crippen LogP contribution in [-0.2, 0) is 15.1 Å². The Kier molecular flexibility index (Phi) is 4.34. The van der Waals surface area contributed by atoms with E-state index in [0.29, 0.717) is 32.4 Å². The van der Waals surface area contributed by atoms with Gasteiger partial charge in [-0.3, -0.25) is 9.59 Å². The number of anilines is 1. The van der Waals surface area contributed by atoms with Crippen molar-refractivity contribution in [1.82, 2.24) is 19.4 Å². The van der Waals surface area contributed by atoms with Crippen molar-refractivity contribution in [3.8, 4) is 5.82 Å². The molecule has 0 unspecified atom stereocenters. The van der Waals surface area contributed by atoms with Crippen molar-refractivity contribution in [2.24, 2.45) is 5.92 Å². The van der Waals surface area contributed by atoms with Gasteiger partial charge in [0.15, 0.2) is 5.82 Å². The van der Waals surface area contributed by atoms with Crippen LogP contribution in [0, 0.1) is 5.92 Å². The molecule has 3 aliphatic rings. The summed E-state index contributed by atoms with van der Waals surface area (Å²) in [5, 5.41) is 0. The zero-order valence-corrected chi connectivity index (χ0v) is 17.3. The van der Waals surface area contributed by atoms with E-state index in [4.69, 9.17) is 0 Å². The number of likely N-dealkylation sites (N-methyl/N-ethyl adjacent to an activating group) is 1. The molecule has 0 bridgehead atoms. The number of likely N-dealkylation sites (tertiary alicyclic amines) is 1. The van der Waals surface area contributed by atoms with Crippen LogP contribution in [0.3, 0.4) is 0 Å². The second kappa shape index (κ2) is 6.82. The van der Waals surface area contributed by atoms with E-state index < -0.39 is 11.7 Å². The molecule has 1 aliphatic carbocycles. The summed E-state index contributed by atoms with van der Waals surface area (Å²) in [5.41, 5.74) is 1.41. The predicted octanol–water partition coefficient (Wildman–Crippen LogP) is 1.96. The number of pyridine rings is 1. The second-order valence-corrected chi connectivity index (χ2v) is 8.79. The van der Waals surface area contributed by atoms with Gasteiger partial charge in [0.25, 0.3) is 0 Å². The smallest absolute Gasteiger partial charge is 0.241 e. The molecule has 1 atom stereocenters. The van der Waals surface area contributed by atoms with Crippen LogP contribution in [0.1, 0.15) is 25.0 Å². The first-order valence-electron chi connectivity index (χ1n) is 10.4. The average Bonchev–Trinajstić information content (AvgIpc) is 3.37. The Morgan fingerprint density at radius 1 is 1.27 bits per heavy atom. The van der Waals surface area contributed by atoms with Crippen LogP contribution in [-0.4, -0.2) is 71.1 Å². The van der Waals surface area contributed by atoms with E-state index in [1.54, 1.807) is 25.2 Å². The largest absolute Gasteiger partial charge is 0.347 e. The summed E-state index contributed by atoms with van der Waals surface area (Å²) in [5.74, 6) is 0.609. The van der Waals surface area contributed by atoms with Gasteiger partial charge >= 0.3 is 0 Å².